The number of likely N-dealkylation sites (N-methyl/N-ethyl adjacent to an activating group) is 1. The lowest BCUT2D eigenvalue weighted by molar-refractivity contribution is 0.307. The van der Waals surface area contributed by atoms with Gasteiger partial charge in [-0.2, -0.15) is 11.3 Å². The minimum absolute atomic E-state index is 0. The van der Waals surface area contributed by atoms with Crippen LogP contribution in [-0.4, -0.2) is 31.5 Å². The highest BCUT2D eigenvalue weighted by atomic mass is 127. The van der Waals surface area contributed by atoms with Gasteiger partial charge in [-0.1, -0.05) is 0 Å². The van der Waals surface area contributed by atoms with E-state index in [1.807, 2.05) is 30.4 Å². The van der Waals surface area contributed by atoms with Gasteiger partial charge >= 0.3 is 0 Å². The van der Waals surface area contributed by atoms with Crippen molar-refractivity contribution < 1.29 is 8.78 Å². The zero-order valence-electron chi connectivity index (χ0n) is 12.8. The summed E-state index contributed by atoms with van der Waals surface area (Å²) in [5, 5.41) is 6.64. The van der Waals surface area contributed by atoms with E-state index in [0.29, 0.717) is 6.54 Å². The van der Waals surface area contributed by atoms with E-state index in [1.165, 1.54) is 0 Å². The molecule has 0 spiro atoms. The predicted octanol–water partition coefficient (Wildman–Crippen LogP) is 3.67. The monoisotopic (exact) mass is 452 g/mol. The number of guanidine groups is 1. The molecular weight excluding hydrogens is 433 g/mol. The van der Waals surface area contributed by atoms with Crippen molar-refractivity contribution in [2.24, 2.45) is 10.7 Å². The van der Waals surface area contributed by atoms with Gasteiger partial charge in [-0.3, -0.25) is 4.99 Å². The summed E-state index contributed by atoms with van der Waals surface area (Å²) in [6.45, 7) is 0.416. The van der Waals surface area contributed by atoms with Crippen molar-refractivity contribution in [3.63, 3.8) is 0 Å². The molecule has 0 saturated heterocycles. The first-order chi connectivity index (χ1) is 10.5. The molecule has 4 nitrogen and oxygen atoms in total. The number of benzene rings is 1. The molecule has 1 aromatic carbocycles. The predicted molar refractivity (Wildman–Crippen MR) is 103 cm³/mol. The van der Waals surface area contributed by atoms with Crippen molar-refractivity contribution >= 4 is 47.0 Å². The van der Waals surface area contributed by atoms with Crippen LogP contribution in [0.15, 0.2) is 40.0 Å². The van der Waals surface area contributed by atoms with E-state index >= 15 is 0 Å². The number of nitrogens with zero attached hydrogens (tertiary/aromatic N) is 2. The van der Waals surface area contributed by atoms with Crippen LogP contribution in [0, 0.1) is 11.6 Å². The first-order valence-corrected chi connectivity index (χ1v) is 7.62. The molecule has 0 aliphatic heterocycles. The van der Waals surface area contributed by atoms with Gasteiger partial charge in [-0.25, -0.2) is 8.78 Å². The quantitative estimate of drug-likeness (QED) is 0.414. The van der Waals surface area contributed by atoms with Crippen LogP contribution in [0.4, 0.5) is 14.5 Å². The third kappa shape index (κ3) is 5.70. The van der Waals surface area contributed by atoms with Gasteiger partial charge in [-0.15, -0.1) is 24.0 Å². The lowest BCUT2D eigenvalue weighted by atomic mass is 10.1. The van der Waals surface area contributed by atoms with E-state index in [0.717, 1.165) is 23.8 Å². The topological polar surface area (TPSA) is 53.6 Å². The van der Waals surface area contributed by atoms with Gasteiger partial charge in [0, 0.05) is 6.07 Å². The number of rotatable bonds is 5. The normalized spacial score (nSPS) is 12.8. The van der Waals surface area contributed by atoms with Crippen molar-refractivity contribution in [1.82, 2.24) is 4.90 Å². The molecule has 2 rings (SSSR count). The number of nitrogens with two attached hydrogens (primary N) is 1. The maximum Gasteiger partial charge on any atom is 0.193 e. The van der Waals surface area contributed by atoms with Gasteiger partial charge < -0.3 is 16.0 Å². The van der Waals surface area contributed by atoms with Crippen LogP contribution in [0.2, 0.25) is 0 Å². The molecule has 1 atom stereocenters. The Balaban J connectivity index is 0.00000264. The summed E-state index contributed by atoms with van der Waals surface area (Å²) >= 11 is 1.61. The second-order valence-corrected chi connectivity index (χ2v) is 5.79. The Labute approximate surface area is 155 Å². The molecule has 0 aliphatic rings. The van der Waals surface area contributed by atoms with Crippen LogP contribution < -0.4 is 11.1 Å². The molecule has 0 radical (unpaired) electrons. The molecule has 1 heterocycles. The smallest absolute Gasteiger partial charge is 0.193 e. The van der Waals surface area contributed by atoms with Gasteiger partial charge in [0.2, 0.25) is 0 Å². The molecule has 1 unspecified atom stereocenters. The van der Waals surface area contributed by atoms with Crippen LogP contribution in [0.3, 0.4) is 0 Å². The number of thiophene rings is 1. The maximum atomic E-state index is 13.5. The third-order valence-corrected chi connectivity index (χ3v) is 3.88. The highest BCUT2D eigenvalue weighted by Crippen LogP contribution is 2.21. The molecule has 1 aromatic heterocycles. The largest absolute Gasteiger partial charge is 0.370 e. The minimum atomic E-state index is -0.582. The third-order valence-electron chi connectivity index (χ3n) is 3.18. The zero-order valence-corrected chi connectivity index (χ0v) is 15.9. The van der Waals surface area contributed by atoms with Crippen molar-refractivity contribution in [2.75, 3.05) is 26.0 Å². The Bertz CT molecular complexity index is 647. The first-order valence-electron chi connectivity index (χ1n) is 6.68. The van der Waals surface area contributed by atoms with Crippen molar-refractivity contribution in [2.45, 2.75) is 6.04 Å². The summed E-state index contributed by atoms with van der Waals surface area (Å²) in [5.74, 6) is -1.07. The number of nitrogens with one attached hydrogen (secondary N) is 1. The van der Waals surface area contributed by atoms with E-state index in [1.54, 1.807) is 11.3 Å². The standard InChI is InChI=1S/C15H18F2N4S.HI/c1-21(2)14(10-5-6-22-9-10)8-19-15(18)20-13-7-11(16)3-4-12(13)17;/h3-7,9,14H,8H2,1-2H3,(H3,18,19,20);1H. The van der Waals surface area contributed by atoms with Crippen LogP contribution >= 0.6 is 35.3 Å². The number of halogens is 3. The van der Waals surface area contributed by atoms with Gasteiger partial charge in [-0.05, 0) is 48.6 Å². The first kappa shape index (κ1) is 19.8. The summed E-state index contributed by atoms with van der Waals surface area (Å²) in [6.07, 6.45) is 0. The van der Waals surface area contributed by atoms with E-state index in [2.05, 4.69) is 15.7 Å². The fraction of sp³-hybridized carbons (Fsp3) is 0.267. The van der Waals surface area contributed by atoms with Crippen LogP contribution in [-0.2, 0) is 0 Å². The van der Waals surface area contributed by atoms with Gasteiger partial charge in [0.1, 0.15) is 11.6 Å². The molecule has 3 N–H and O–H groups in total. The van der Waals surface area contributed by atoms with E-state index in [-0.39, 0.29) is 41.7 Å². The fourth-order valence-corrected chi connectivity index (χ4v) is 2.69. The SMILES string of the molecule is CN(C)C(CN=C(N)Nc1cc(F)ccc1F)c1ccsc1.I. The number of hydrogen-bond donors (Lipinski definition) is 2. The Morgan fingerprint density at radius 3 is 2.70 bits per heavy atom. The molecule has 0 aliphatic carbocycles. The summed E-state index contributed by atoms with van der Waals surface area (Å²) in [5.41, 5.74) is 6.87. The van der Waals surface area contributed by atoms with E-state index in [9.17, 15) is 8.78 Å². The number of hydrogen-bond acceptors (Lipinski definition) is 3. The van der Waals surface area contributed by atoms with Gasteiger partial charge in [0.15, 0.2) is 5.96 Å². The number of aliphatic imine (C=N–C) groups is 1. The summed E-state index contributed by atoms with van der Waals surface area (Å²) in [6, 6.07) is 5.23. The van der Waals surface area contributed by atoms with E-state index < -0.39 is 11.6 Å². The average Bonchev–Trinajstić information content (AvgIpc) is 2.96. The molecule has 0 bridgehead atoms. The number of anilines is 1. The van der Waals surface area contributed by atoms with Crippen LogP contribution in [0.25, 0.3) is 0 Å². The zero-order chi connectivity index (χ0) is 16.1. The van der Waals surface area contributed by atoms with Crippen molar-refractivity contribution in [3.8, 4) is 0 Å². The highest BCUT2D eigenvalue weighted by Gasteiger charge is 2.14. The lowest BCUT2D eigenvalue weighted by Crippen LogP contribution is -2.27. The molecule has 126 valence electrons. The van der Waals surface area contributed by atoms with E-state index in [4.69, 9.17) is 5.73 Å². The Hall–Kier alpha value is -1.26. The summed E-state index contributed by atoms with van der Waals surface area (Å²) < 4.78 is 26.6. The average molecular weight is 452 g/mol. The van der Waals surface area contributed by atoms with Gasteiger partial charge in [0.05, 0.1) is 18.3 Å². The van der Waals surface area contributed by atoms with Crippen LogP contribution in [0.1, 0.15) is 11.6 Å². The minimum Gasteiger partial charge on any atom is -0.370 e. The molecule has 23 heavy (non-hydrogen) atoms. The summed E-state index contributed by atoms with van der Waals surface area (Å²) in [4.78, 5) is 6.25. The van der Waals surface area contributed by atoms with Crippen molar-refractivity contribution in [1.29, 1.82) is 0 Å². The maximum absolute atomic E-state index is 13.5. The van der Waals surface area contributed by atoms with Crippen molar-refractivity contribution in [3.05, 3.63) is 52.2 Å². The molecule has 0 saturated carbocycles. The van der Waals surface area contributed by atoms with Crippen LogP contribution in [0.5, 0.6) is 0 Å². The fourth-order valence-electron chi connectivity index (χ4n) is 1.99. The summed E-state index contributed by atoms with van der Waals surface area (Å²) in [7, 11) is 3.90. The van der Waals surface area contributed by atoms with Gasteiger partial charge in [0.25, 0.3) is 0 Å². The molecule has 8 heteroatoms. The second kappa shape index (κ2) is 9.14. The Morgan fingerprint density at radius 2 is 2.09 bits per heavy atom. The molecular formula is C15H19F2IN4S. The Morgan fingerprint density at radius 1 is 1.35 bits per heavy atom. The Kier molecular flexibility index (Phi) is 7.86. The molecule has 0 amide bonds. The lowest BCUT2D eigenvalue weighted by Gasteiger charge is -2.22. The molecule has 2 aromatic rings. The second-order valence-electron chi connectivity index (χ2n) is 5.01. The molecule has 0 fully saturated rings. The highest BCUT2D eigenvalue weighted by molar-refractivity contribution is 14.0.